The van der Waals surface area contributed by atoms with Crippen molar-refractivity contribution < 1.29 is 15.0 Å². The Morgan fingerprint density at radius 3 is 2.18 bits per heavy atom. The fourth-order valence-electron chi connectivity index (χ4n) is 0.276. The molecule has 0 aromatic heterocycles. The number of hydrogen-bond acceptors (Lipinski definition) is 3. The third kappa shape index (κ3) is 8.50. The Bertz CT molecular complexity index is 188. The second kappa shape index (κ2) is 5.30. The molecule has 1 rings (SSSR count). The summed E-state index contributed by atoms with van der Waals surface area (Å²) in [5.41, 5.74) is 0. The molecular formula is C7H9NO3. The van der Waals surface area contributed by atoms with Crippen LogP contribution in [0.5, 0.6) is 0 Å². The topological polar surface area (TPSA) is 81.3 Å². The lowest BCUT2D eigenvalue weighted by Crippen LogP contribution is -1.84. The van der Waals surface area contributed by atoms with Gasteiger partial charge in [-0.05, 0) is 12.8 Å². The maximum atomic E-state index is 9.35. The minimum Gasteiger partial charge on any atom is -0.515 e. The first-order chi connectivity index (χ1) is 5.20. The Hall–Kier alpha value is -1.50. The number of carboxylic acid groups (broad SMARTS) is 1. The van der Waals surface area contributed by atoms with Crippen LogP contribution in [0.3, 0.4) is 0 Å². The summed E-state index contributed by atoms with van der Waals surface area (Å²) in [6, 6.07) is 2.14. The van der Waals surface area contributed by atoms with Gasteiger partial charge < -0.3 is 10.2 Å². The fourth-order valence-corrected chi connectivity index (χ4v) is 0.276. The predicted molar refractivity (Wildman–Crippen MR) is 37.7 cm³/mol. The third-order valence-electron chi connectivity index (χ3n) is 0.977. The number of hydrogen-bond donors (Lipinski definition) is 2. The molecule has 0 unspecified atom stereocenters. The summed E-state index contributed by atoms with van der Waals surface area (Å²) >= 11 is 0. The van der Waals surface area contributed by atoms with E-state index in [-0.39, 0.29) is 0 Å². The molecule has 1 aliphatic carbocycles. The zero-order chi connectivity index (χ0) is 8.69. The number of aliphatic hydroxyl groups excluding tert-OH is 1. The lowest BCUT2D eigenvalue weighted by molar-refractivity contribution is -0.131. The molecule has 60 valence electrons. The molecule has 0 heterocycles. The number of nitrogens with zero attached hydrogens (tertiary/aromatic N) is 1. The molecule has 0 aliphatic heterocycles. The molecule has 0 radical (unpaired) electrons. The SMILES string of the molecule is N#CC1CC1.O=C(O)C=CO. The van der Waals surface area contributed by atoms with E-state index in [4.69, 9.17) is 15.5 Å². The van der Waals surface area contributed by atoms with E-state index in [1.54, 1.807) is 0 Å². The lowest BCUT2D eigenvalue weighted by atomic mass is 10.5. The molecule has 0 aromatic rings. The van der Waals surface area contributed by atoms with Crippen molar-refractivity contribution in [3.8, 4) is 6.07 Å². The Morgan fingerprint density at radius 1 is 1.64 bits per heavy atom. The van der Waals surface area contributed by atoms with Crippen LogP contribution in [-0.4, -0.2) is 16.2 Å². The van der Waals surface area contributed by atoms with Crippen LogP contribution in [0.1, 0.15) is 12.8 Å². The van der Waals surface area contributed by atoms with Gasteiger partial charge in [-0.25, -0.2) is 4.79 Å². The summed E-state index contributed by atoms with van der Waals surface area (Å²) in [4.78, 5) is 9.35. The van der Waals surface area contributed by atoms with Crippen molar-refractivity contribution >= 4 is 5.97 Å². The van der Waals surface area contributed by atoms with Gasteiger partial charge in [0.2, 0.25) is 0 Å². The van der Waals surface area contributed by atoms with Crippen molar-refractivity contribution in [1.29, 1.82) is 5.26 Å². The molecule has 4 heteroatoms. The van der Waals surface area contributed by atoms with Gasteiger partial charge in [-0.3, -0.25) is 0 Å². The zero-order valence-electron chi connectivity index (χ0n) is 5.90. The van der Waals surface area contributed by atoms with Crippen LogP contribution in [0.4, 0.5) is 0 Å². The minimum absolute atomic E-state index is 0.440. The van der Waals surface area contributed by atoms with Gasteiger partial charge in [0, 0.05) is 5.92 Å². The number of aliphatic hydroxyl groups is 1. The quantitative estimate of drug-likeness (QED) is 0.438. The van der Waals surface area contributed by atoms with Gasteiger partial charge in [-0.15, -0.1) is 0 Å². The Labute approximate surface area is 64.4 Å². The molecule has 1 aliphatic rings. The van der Waals surface area contributed by atoms with Crippen LogP contribution >= 0.6 is 0 Å². The zero-order valence-corrected chi connectivity index (χ0v) is 5.90. The third-order valence-corrected chi connectivity index (χ3v) is 0.977. The van der Waals surface area contributed by atoms with E-state index >= 15 is 0 Å². The van der Waals surface area contributed by atoms with Crippen LogP contribution in [0.2, 0.25) is 0 Å². The first kappa shape index (κ1) is 9.50. The standard InChI is InChI=1S/C4H5N.C3H4O3/c5-3-4-1-2-4;4-2-1-3(5)6/h4H,1-2H2;1-2,4H,(H,5,6). The molecule has 0 saturated heterocycles. The molecule has 0 bridgehead atoms. The molecule has 11 heavy (non-hydrogen) atoms. The van der Waals surface area contributed by atoms with E-state index in [9.17, 15) is 4.79 Å². The van der Waals surface area contributed by atoms with Crippen molar-refractivity contribution in [1.82, 2.24) is 0 Å². The smallest absolute Gasteiger partial charge is 0.331 e. The number of rotatable bonds is 1. The monoisotopic (exact) mass is 155 g/mol. The summed E-state index contributed by atoms with van der Waals surface area (Å²) in [6.45, 7) is 0. The van der Waals surface area contributed by atoms with Crippen LogP contribution in [0.15, 0.2) is 12.3 Å². The summed E-state index contributed by atoms with van der Waals surface area (Å²) < 4.78 is 0. The summed E-state index contributed by atoms with van der Waals surface area (Å²) in [7, 11) is 0. The van der Waals surface area contributed by atoms with Crippen molar-refractivity contribution in [3.05, 3.63) is 12.3 Å². The highest BCUT2D eigenvalue weighted by Crippen LogP contribution is 2.26. The lowest BCUT2D eigenvalue weighted by Gasteiger charge is -1.68. The van der Waals surface area contributed by atoms with Gasteiger partial charge in [0.25, 0.3) is 0 Å². The normalized spacial score (nSPS) is 14.8. The van der Waals surface area contributed by atoms with Gasteiger partial charge in [0.05, 0.1) is 18.4 Å². The van der Waals surface area contributed by atoms with Gasteiger partial charge in [-0.1, -0.05) is 0 Å². The highest BCUT2D eigenvalue weighted by molar-refractivity contribution is 5.79. The van der Waals surface area contributed by atoms with Crippen LogP contribution in [0, 0.1) is 17.2 Å². The van der Waals surface area contributed by atoms with Crippen molar-refractivity contribution in [2.75, 3.05) is 0 Å². The van der Waals surface area contributed by atoms with E-state index in [1.165, 1.54) is 0 Å². The number of carbonyl (C=O) groups is 1. The molecular weight excluding hydrogens is 146 g/mol. The Kier molecular flexibility index (Phi) is 4.58. The van der Waals surface area contributed by atoms with Gasteiger partial charge in [-0.2, -0.15) is 5.26 Å². The Morgan fingerprint density at radius 2 is 2.18 bits per heavy atom. The molecule has 1 saturated carbocycles. The maximum absolute atomic E-state index is 9.35. The average molecular weight is 155 g/mol. The highest BCUT2D eigenvalue weighted by Gasteiger charge is 2.19. The summed E-state index contributed by atoms with van der Waals surface area (Å²) in [6.07, 6.45) is 3.41. The van der Waals surface area contributed by atoms with E-state index in [0.717, 1.165) is 12.8 Å². The molecule has 0 spiro atoms. The number of aliphatic carboxylic acids is 1. The fraction of sp³-hybridized carbons (Fsp3) is 0.429. The van der Waals surface area contributed by atoms with E-state index in [2.05, 4.69) is 6.07 Å². The van der Waals surface area contributed by atoms with Gasteiger partial charge in [0.1, 0.15) is 0 Å². The van der Waals surface area contributed by atoms with Crippen molar-refractivity contribution in [2.24, 2.45) is 5.92 Å². The molecule has 2 N–H and O–H groups in total. The summed E-state index contributed by atoms with van der Waals surface area (Å²) in [5.74, 6) is -0.701. The van der Waals surface area contributed by atoms with E-state index in [0.29, 0.717) is 18.3 Å². The van der Waals surface area contributed by atoms with Crippen molar-refractivity contribution in [3.63, 3.8) is 0 Å². The average Bonchev–Trinajstić information content (AvgIpc) is 2.69. The summed E-state index contributed by atoms with van der Waals surface area (Å²) in [5, 5.41) is 23.3. The second-order valence-electron chi connectivity index (χ2n) is 2.06. The van der Waals surface area contributed by atoms with Gasteiger partial charge in [0.15, 0.2) is 0 Å². The van der Waals surface area contributed by atoms with Crippen molar-refractivity contribution in [2.45, 2.75) is 12.8 Å². The number of carboxylic acids is 1. The van der Waals surface area contributed by atoms with Gasteiger partial charge >= 0.3 is 5.97 Å². The molecule has 0 atom stereocenters. The molecule has 1 fully saturated rings. The van der Waals surface area contributed by atoms with Crippen LogP contribution in [-0.2, 0) is 4.79 Å². The number of nitriles is 1. The van der Waals surface area contributed by atoms with Crippen LogP contribution < -0.4 is 0 Å². The second-order valence-corrected chi connectivity index (χ2v) is 2.06. The largest absolute Gasteiger partial charge is 0.515 e. The van der Waals surface area contributed by atoms with Crippen LogP contribution in [0.25, 0.3) is 0 Å². The predicted octanol–water partition coefficient (Wildman–Crippen LogP) is 1.06. The highest BCUT2D eigenvalue weighted by atomic mass is 16.4. The first-order valence-corrected chi connectivity index (χ1v) is 3.14. The minimum atomic E-state index is -1.14. The molecule has 0 amide bonds. The molecule has 0 aromatic carbocycles. The van der Waals surface area contributed by atoms with E-state index in [1.807, 2.05) is 0 Å². The maximum Gasteiger partial charge on any atom is 0.331 e. The van der Waals surface area contributed by atoms with E-state index < -0.39 is 5.97 Å². The Balaban J connectivity index is 0.000000183. The first-order valence-electron chi connectivity index (χ1n) is 3.14. The molecule has 4 nitrogen and oxygen atoms in total.